The number of aromatic nitrogens is 1. The van der Waals surface area contributed by atoms with Gasteiger partial charge in [0.25, 0.3) is 0 Å². The Bertz CT molecular complexity index is 621. The predicted octanol–water partition coefficient (Wildman–Crippen LogP) is 2.50. The van der Waals surface area contributed by atoms with Crippen molar-refractivity contribution < 1.29 is 24.5 Å². The summed E-state index contributed by atoms with van der Waals surface area (Å²) in [5.74, 6) is 0. The van der Waals surface area contributed by atoms with Gasteiger partial charge in [0.15, 0.2) is 6.29 Å². The van der Waals surface area contributed by atoms with Gasteiger partial charge in [-0.15, -0.1) is 0 Å². The van der Waals surface area contributed by atoms with E-state index in [9.17, 15) is 15.0 Å². The molecule has 1 amide bonds. The molecule has 0 radical (unpaired) electrons. The molecule has 2 aliphatic rings. The Morgan fingerprint density at radius 1 is 1.32 bits per heavy atom. The molecule has 7 heteroatoms. The van der Waals surface area contributed by atoms with E-state index < -0.39 is 29.4 Å². The van der Waals surface area contributed by atoms with Crippen molar-refractivity contribution in [3.8, 4) is 0 Å². The van der Waals surface area contributed by atoms with E-state index in [4.69, 9.17) is 9.47 Å². The molecule has 138 valence electrons. The average molecular weight is 350 g/mol. The maximum atomic E-state index is 11.9. The van der Waals surface area contributed by atoms with Gasteiger partial charge in [0.2, 0.25) is 0 Å². The first-order valence-electron chi connectivity index (χ1n) is 8.64. The number of aliphatic hydroxyl groups is 1. The minimum atomic E-state index is -0.991. The number of pyridine rings is 1. The SMILES string of the molecule is CC(C)(C)C1(c2ccc(C3OCCO3)cn2)CC(O)CCN1C(=O)O. The normalized spacial score (nSPS) is 28.3. The molecule has 25 heavy (non-hydrogen) atoms. The number of carbonyl (C=O) groups is 1. The maximum absolute atomic E-state index is 11.9. The monoisotopic (exact) mass is 350 g/mol. The van der Waals surface area contributed by atoms with E-state index in [0.29, 0.717) is 31.7 Å². The third kappa shape index (κ3) is 3.12. The molecule has 0 bridgehead atoms. The quantitative estimate of drug-likeness (QED) is 0.851. The smallest absolute Gasteiger partial charge is 0.408 e. The molecule has 2 unspecified atom stereocenters. The van der Waals surface area contributed by atoms with Gasteiger partial charge in [0, 0.05) is 24.7 Å². The number of hydrogen-bond acceptors (Lipinski definition) is 5. The van der Waals surface area contributed by atoms with Crippen molar-refractivity contribution in [2.24, 2.45) is 5.41 Å². The molecule has 7 nitrogen and oxygen atoms in total. The van der Waals surface area contributed by atoms with Crippen molar-refractivity contribution in [3.05, 3.63) is 29.6 Å². The maximum Gasteiger partial charge on any atom is 0.408 e. The number of carboxylic acid groups (broad SMARTS) is 1. The summed E-state index contributed by atoms with van der Waals surface area (Å²) in [5.41, 5.74) is 0.111. The number of piperidine rings is 1. The van der Waals surface area contributed by atoms with Crippen LogP contribution in [0, 0.1) is 5.41 Å². The summed E-state index contributed by atoms with van der Waals surface area (Å²) >= 11 is 0. The highest BCUT2D eigenvalue weighted by atomic mass is 16.7. The van der Waals surface area contributed by atoms with Crippen molar-refractivity contribution in [1.29, 1.82) is 0 Å². The fourth-order valence-electron chi connectivity index (χ4n) is 3.96. The Morgan fingerprint density at radius 3 is 2.52 bits per heavy atom. The van der Waals surface area contributed by atoms with Crippen LogP contribution in [0.3, 0.4) is 0 Å². The van der Waals surface area contributed by atoms with E-state index >= 15 is 0 Å². The largest absolute Gasteiger partial charge is 0.465 e. The summed E-state index contributed by atoms with van der Waals surface area (Å²) in [4.78, 5) is 18.0. The molecule has 0 aliphatic carbocycles. The van der Waals surface area contributed by atoms with Crippen LogP contribution in [-0.4, -0.2) is 52.1 Å². The van der Waals surface area contributed by atoms with Crippen LogP contribution < -0.4 is 0 Å². The molecular formula is C18H26N2O5. The summed E-state index contributed by atoms with van der Waals surface area (Å²) in [6.45, 7) is 7.35. The van der Waals surface area contributed by atoms with Crippen LogP contribution in [0.25, 0.3) is 0 Å². The number of ether oxygens (including phenoxy) is 2. The van der Waals surface area contributed by atoms with Gasteiger partial charge in [-0.05, 0) is 17.9 Å². The number of nitrogens with zero attached hydrogens (tertiary/aromatic N) is 2. The Hall–Kier alpha value is -1.70. The summed E-state index contributed by atoms with van der Waals surface area (Å²) in [6.07, 6.45) is 0.477. The summed E-state index contributed by atoms with van der Waals surface area (Å²) in [6, 6.07) is 3.70. The van der Waals surface area contributed by atoms with Crippen molar-refractivity contribution in [3.63, 3.8) is 0 Å². The summed E-state index contributed by atoms with van der Waals surface area (Å²) < 4.78 is 11.0. The summed E-state index contributed by atoms with van der Waals surface area (Å²) in [5, 5.41) is 20.1. The van der Waals surface area contributed by atoms with Crippen LogP contribution in [0.2, 0.25) is 0 Å². The fraction of sp³-hybridized carbons (Fsp3) is 0.667. The van der Waals surface area contributed by atoms with Crippen LogP contribution in [0.15, 0.2) is 18.3 Å². The molecule has 2 aliphatic heterocycles. The molecule has 0 saturated carbocycles. The molecule has 2 N–H and O–H groups in total. The van der Waals surface area contributed by atoms with Gasteiger partial charge in [-0.3, -0.25) is 9.88 Å². The minimum absolute atomic E-state index is 0.284. The second-order valence-electron chi connectivity index (χ2n) is 7.74. The highest BCUT2D eigenvalue weighted by Gasteiger charge is 2.54. The fourth-order valence-corrected chi connectivity index (χ4v) is 3.96. The van der Waals surface area contributed by atoms with Crippen LogP contribution in [0.1, 0.15) is 51.2 Å². The van der Waals surface area contributed by atoms with Crippen molar-refractivity contribution in [2.75, 3.05) is 19.8 Å². The van der Waals surface area contributed by atoms with E-state index in [1.54, 1.807) is 6.20 Å². The lowest BCUT2D eigenvalue weighted by atomic mass is 9.65. The minimum Gasteiger partial charge on any atom is -0.465 e. The first kappa shape index (κ1) is 18.1. The second-order valence-corrected chi connectivity index (χ2v) is 7.74. The van der Waals surface area contributed by atoms with Gasteiger partial charge in [0.1, 0.15) is 0 Å². The molecule has 2 fully saturated rings. The standard InChI is InChI=1S/C18H26N2O5/c1-17(2,3)18(10-13(21)6-7-20(18)16(22)23)14-5-4-12(11-19-14)15-24-8-9-25-15/h4-5,11,13,15,21H,6-10H2,1-3H3,(H,22,23). The van der Waals surface area contributed by atoms with Crippen molar-refractivity contribution in [1.82, 2.24) is 9.88 Å². The number of rotatable bonds is 2. The third-order valence-electron chi connectivity index (χ3n) is 5.25. The van der Waals surface area contributed by atoms with Gasteiger partial charge in [-0.1, -0.05) is 26.8 Å². The molecular weight excluding hydrogens is 324 g/mol. The van der Waals surface area contributed by atoms with Crippen LogP contribution in [0.4, 0.5) is 4.79 Å². The number of amides is 1. The van der Waals surface area contributed by atoms with E-state index in [0.717, 1.165) is 5.56 Å². The predicted molar refractivity (Wildman–Crippen MR) is 90.0 cm³/mol. The Labute approximate surface area is 147 Å². The van der Waals surface area contributed by atoms with Gasteiger partial charge in [-0.25, -0.2) is 4.79 Å². The van der Waals surface area contributed by atoms with E-state index in [-0.39, 0.29) is 6.54 Å². The molecule has 0 spiro atoms. The van der Waals surface area contributed by atoms with Gasteiger partial charge >= 0.3 is 6.09 Å². The lowest BCUT2D eigenvalue weighted by molar-refractivity contribution is -0.0742. The zero-order chi connectivity index (χ0) is 18.2. The first-order valence-corrected chi connectivity index (χ1v) is 8.64. The zero-order valence-corrected chi connectivity index (χ0v) is 14.9. The molecule has 2 atom stereocenters. The molecule has 2 saturated heterocycles. The third-order valence-corrected chi connectivity index (χ3v) is 5.25. The van der Waals surface area contributed by atoms with Crippen molar-refractivity contribution >= 4 is 6.09 Å². The highest BCUT2D eigenvalue weighted by Crippen LogP contribution is 2.49. The summed E-state index contributed by atoms with van der Waals surface area (Å²) in [7, 11) is 0. The lowest BCUT2D eigenvalue weighted by Gasteiger charge is -2.54. The second kappa shape index (κ2) is 6.55. The Kier molecular flexibility index (Phi) is 4.74. The Balaban J connectivity index is 2.04. The zero-order valence-electron chi connectivity index (χ0n) is 14.9. The van der Waals surface area contributed by atoms with Crippen LogP contribution in [-0.2, 0) is 15.0 Å². The molecule has 1 aromatic heterocycles. The van der Waals surface area contributed by atoms with Crippen LogP contribution >= 0.6 is 0 Å². The van der Waals surface area contributed by atoms with Crippen molar-refractivity contribution in [2.45, 2.75) is 51.5 Å². The van der Waals surface area contributed by atoms with E-state index in [1.165, 1.54) is 4.90 Å². The lowest BCUT2D eigenvalue weighted by Crippen LogP contribution is -2.61. The Morgan fingerprint density at radius 2 is 2.00 bits per heavy atom. The number of aliphatic hydroxyl groups excluding tert-OH is 1. The van der Waals surface area contributed by atoms with Gasteiger partial charge in [0.05, 0.1) is 30.6 Å². The first-order chi connectivity index (χ1) is 11.8. The van der Waals surface area contributed by atoms with Gasteiger partial charge < -0.3 is 19.7 Å². The number of hydrogen-bond donors (Lipinski definition) is 2. The topological polar surface area (TPSA) is 92.1 Å². The molecule has 3 rings (SSSR count). The van der Waals surface area contributed by atoms with E-state index in [1.807, 2.05) is 32.9 Å². The molecule has 3 heterocycles. The average Bonchev–Trinajstić information content (AvgIpc) is 3.08. The van der Waals surface area contributed by atoms with E-state index in [2.05, 4.69) is 4.98 Å². The molecule has 0 aromatic carbocycles. The number of likely N-dealkylation sites (tertiary alicyclic amines) is 1. The van der Waals surface area contributed by atoms with Gasteiger partial charge in [-0.2, -0.15) is 0 Å². The highest BCUT2D eigenvalue weighted by molar-refractivity contribution is 5.67. The molecule has 1 aromatic rings. The van der Waals surface area contributed by atoms with Crippen LogP contribution in [0.5, 0.6) is 0 Å².